The zero-order chi connectivity index (χ0) is 17.2. The van der Waals surface area contributed by atoms with Gasteiger partial charge in [0.05, 0.1) is 12.2 Å². The number of pyridine rings is 1. The Bertz CT molecular complexity index is 609. The number of hydrogen-bond donors (Lipinski definition) is 2. The fourth-order valence-electron chi connectivity index (χ4n) is 3.73. The summed E-state index contributed by atoms with van der Waals surface area (Å²) in [4.78, 5) is 32.1. The molecule has 2 saturated heterocycles. The van der Waals surface area contributed by atoms with Gasteiger partial charge in [-0.05, 0) is 36.8 Å². The number of anilines is 1. The van der Waals surface area contributed by atoms with Crippen molar-refractivity contribution in [1.29, 1.82) is 0 Å². The van der Waals surface area contributed by atoms with E-state index in [1.807, 2.05) is 4.90 Å². The quantitative estimate of drug-likeness (QED) is 0.840. The van der Waals surface area contributed by atoms with Crippen LogP contribution in [-0.2, 0) is 4.79 Å². The number of likely N-dealkylation sites (tertiary alicyclic amines) is 2. The summed E-state index contributed by atoms with van der Waals surface area (Å²) in [6, 6.07) is 3.34. The normalized spacial score (nSPS) is 20.5. The summed E-state index contributed by atoms with van der Waals surface area (Å²) in [5.74, 6) is 0.512. The van der Waals surface area contributed by atoms with E-state index >= 15 is 0 Å². The zero-order valence-electron chi connectivity index (χ0n) is 13.8. The van der Waals surface area contributed by atoms with E-state index < -0.39 is 0 Å². The van der Waals surface area contributed by atoms with E-state index in [0.29, 0.717) is 44.0 Å². The third-order valence-electron chi connectivity index (χ3n) is 5.26. The van der Waals surface area contributed by atoms with Gasteiger partial charge in [-0.15, -0.1) is 0 Å². The molecule has 2 aliphatic heterocycles. The van der Waals surface area contributed by atoms with Gasteiger partial charge in [-0.3, -0.25) is 9.59 Å². The first kappa shape index (κ1) is 16.7. The van der Waals surface area contributed by atoms with E-state index in [1.165, 1.54) is 6.20 Å². The summed E-state index contributed by atoms with van der Waals surface area (Å²) >= 11 is 0. The first-order valence-corrected chi connectivity index (χ1v) is 8.42. The van der Waals surface area contributed by atoms with Gasteiger partial charge >= 0.3 is 0 Å². The van der Waals surface area contributed by atoms with Crippen LogP contribution in [0.3, 0.4) is 0 Å². The molecule has 2 amide bonds. The Morgan fingerprint density at radius 2 is 2.04 bits per heavy atom. The highest BCUT2D eigenvalue weighted by atomic mass is 16.3. The minimum Gasteiger partial charge on any atom is -0.395 e. The lowest BCUT2D eigenvalue weighted by Gasteiger charge is -2.47. The molecule has 130 valence electrons. The van der Waals surface area contributed by atoms with E-state index in [9.17, 15) is 9.59 Å². The van der Waals surface area contributed by atoms with E-state index in [4.69, 9.17) is 10.8 Å². The van der Waals surface area contributed by atoms with E-state index in [0.717, 1.165) is 19.3 Å². The third-order valence-corrected chi connectivity index (χ3v) is 5.26. The van der Waals surface area contributed by atoms with Crippen molar-refractivity contribution in [2.24, 2.45) is 5.41 Å². The number of piperidine rings is 2. The molecule has 1 aromatic heterocycles. The number of carbonyl (C=O) groups excluding carboxylic acids is 2. The van der Waals surface area contributed by atoms with Crippen LogP contribution in [0.25, 0.3) is 0 Å². The van der Waals surface area contributed by atoms with Gasteiger partial charge in [0.15, 0.2) is 0 Å². The highest BCUT2D eigenvalue weighted by Crippen LogP contribution is 2.40. The molecule has 0 atom stereocenters. The highest BCUT2D eigenvalue weighted by molar-refractivity contribution is 5.94. The van der Waals surface area contributed by atoms with Gasteiger partial charge in [-0.1, -0.05) is 0 Å². The van der Waals surface area contributed by atoms with Crippen molar-refractivity contribution < 1.29 is 14.7 Å². The molecule has 2 aliphatic rings. The number of carbonyl (C=O) groups is 2. The highest BCUT2D eigenvalue weighted by Gasteiger charge is 2.41. The number of hydrogen-bond acceptors (Lipinski definition) is 5. The molecule has 0 aliphatic carbocycles. The second-order valence-corrected chi connectivity index (χ2v) is 6.80. The molecule has 3 heterocycles. The number of nitrogens with zero attached hydrogens (tertiary/aromatic N) is 3. The number of aliphatic hydroxyl groups is 1. The Hall–Kier alpha value is -2.15. The molecule has 7 heteroatoms. The van der Waals surface area contributed by atoms with Crippen molar-refractivity contribution in [1.82, 2.24) is 14.8 Å². The minimum absolute atomic E-state index is 0.00340. The number of nitrogen functional groups attached to an aromatic ring is 1. The number of amides is 2. The first-order valence-electron chi connectivity index (χ1n) is 8.42. The number of β-amino-alcohol motifs (C(OH)–C–C–N with tert-alkyl or cyclic N) is 1. The first-order chi connectivity index (χ1) is 11.5. The van der Waals surface area contributed by atoms with Crippen molar-refractivity contribution in [3.05, 3.63) is 23.9 Å². The summed E-state index contributed by atoms with van der Waals surface area (Å²) < 4.78 is 0. The zero-order valence-corrected chi connectivity index (χ0v) is 13.8. The van der Waals surface area contributed by atoms with Crippen LogP contribution in [0.5, 0.6) is 0 Å². The molecule has 0 saturated carbocycles. The number of aromatic nitrogens is 1. The topological polar surface area (TPSA) is 99.8 Å². The summed E-state index contributed by atoms with van der Waals surface area (Å²) in [7, 11) is 0. The average molecular weight is 332 g/mol. The molecule has 24 heavy (non-hydrogen) atoms. The summed E-state index contributed by atoms with van der Waals surface area (Å²) in [5, 5.41) is 9.12. The molecule has 3 N–H and O–H groups in total. The van der Waals surface area contributed by atoms with Crippen LogP contribution in [0.2, 0.25) is 0 Å². The maximum absolute atomic E-state index is 12.5. The molecule has 0 radical (unpaired) electrons. The van der Waals surface area contributed by atoms with Crippen LogP contribution < -0.4 is 5.73 Å². The molecule has 0 bridgehead atoms. The third kappa shape index (κ3) is 3.36. The number of nitrogens with two attached hydrogens (primary N) is 1. The Labute approximate surface area is 141 Å². The van der Waals surface area contributed by atoms with Crippen LogP contribution in [0.4, 0.5) is 5.82 Å². The second-order valence-electron chi connectivity index (χ2n) is 6.80. The lowest BCUT2D eigenvalue weighted by Crippen LogP contribution is -2.52. The van der Waals surface area contributed by atoms with Crippen LogP contribution in [0.1, 0.15) is 36.0 Å². The summed E-state index contributed by atoms with van der Waals surface area (Å²) in [6.45, 7) is 2.46. The van der Waals surface area contributed by atoms with E-state index in [-0.39, 0.29) is 23.8 Å². The molecule has 0 unspecified atom stereocenters. The Morgan fingerprint density at radius 3 is 2.67 bits per heavy atom. The minimum atomic E-state index is -0.0172. The Morgan fingerprint density at radius 1 is 1.29 bits per heavy atom. The van der Waals surface area contributed by atoms with Crippen LogP contribution in [0.15, 0.2) is 18.3 Å². The molecule has 2 fully saturated rings. The molecular formula is C17H24N4O3. The summed E-state index contributed by atoms with van der Waals surface area (Å²) in [5.41, 5.74) is 6.20. The molecule has 1 aromatic rings. The Balaban J connectivity index is 1.62. The van der Waals surface area contributed by atoms with Crippen LogP contribution in [0, 0.1) is 5.41 Å². The van der Waals surface area contributed by atoms with Crippen molar-refractivity contribution in [3.63, 3.8) is 0 Å². The van der Waals surface area contributed by atoms with Gasteiger partial charge in [0.1, 0.15) is 5.82 Å². The standard InChI is InChI=1S/C17H24N4O3/c18-14-2-1-13(11-19-14)16(24)20-7-5-17(6-8-20)4-3-15(23)21(12-17)9-10-22/h1-2,11,22H,3-10,12H2,(H2,18,19). The fourth-order valence-corrected chi connectivity index (χ4v) is 3.73. The molecule has 1 spiro atoms. The maximum Gasteiger partial charge on any atom is 0.255 e. The van der Waals surface area contributed by atoms with Gasteiger partial charge in [0.2, 0.25) is 5.91 Å². The average Bonchev–Trinajstić information content (AvgIpc) is 2.59. The Kier molecular flexibility index (Phi) is 4.71. The van der Waals surface area contributed by atoms with Gasteiger partial charge in [-0.2, -0.15) is 0 Å². The number of rotatable bonds is 3. The van der Waals surface area contributed by atoms with Gasteiger partial charge in [0, 0.05) is 38.8 Å². The summed E-state index contributed by atoms with van der Waals surface area (Å²) in [6.07, 6.45) is 4.70. The smallest absolute Gasteiger partial charge is 0.255 e. The van der Waals surface area contributed by atoms with Gasteiger partial charge < -0.3 is 20.6 Å². The predicted octanol–water partition coefficient (Wildman–Crippen LogP) is 0.501. The van der Waals surface area contributed by atoms with Crippen molar-refractivity contribution in [2.45, 2.75) is 25.7 Å². The van der Waals surface area contributed by atoms with Crippen LogP contribution >= 0.6 is 0 Å². The predicted molar refractivity (Wildman–Crippen MR) is 89.1 cm³/mol. The molecule has 7 nitrogen and oxygen atoms in total. The van der Waals surface area contributed by atoms with Crippen molar-refractivity contribution in [2.75, 3.05) is 38.5 Å². The maximum atomic E-state index is 12.5. The largest absolute Gasteiger partial charge is 0.395 e. The molecular weight excluding hydrogens is 308 g/mol. The van der Waals surface area contributed by atoms with Gasteiger partial charge in [-0.25, -0.2) is 4.98 Å². The van der Waals surface area contributed by atoms with Gasteiger partial charge in [0.25, 0.3) is 5.91 Å². The fraction of sp³-hybridized carbons (Fsp3) is 0.588. The lowest BCUT2D eigenvalue weighted by atomic mass is 9.72. The lowest BCUT2D eigenvalue weighted by molar-refractivity contribution is -0.139. The molecule has 0 aromatic carbocycles. The number of aliphatic hydroxyl groups excluding tert-OH is 1. The SMILES string of the molecule is Nc1ccc(C(=O)N2CCC3(CCC(=O)N(CCO)C3)CC2)cn1. The van der Waals surface area contributed by atoms with Crippen molar-refractivity contribution in [3.8, 4) is 0 Å². The second kappa shape index (κ2) is 6.76. The monoisotopic (exact) mass is 332 g/mol. The molecule has 3 rings (SSSR count). The van der Waals surface area contributed by atoms with Crippen LogP contribution in [-0.4, -0.2) is 64.5 Å². The van der Waals surface area contributed by atoms with E-state index in [2.05, 4.69) is 4.98 Å². The van der Waals surface area contributed by atoms with Crippen molar-refractivity contribution >= 4 is 17.6 Å². The van der Waals surface area contributed by atoms with E-state index in [1.54, 1.807) is 17.0 Å².